The first-order valence-electron chi connectivity index (χ1n) is 27.0. The zero-order valence-corrected chi connectivity index (χ0v) is 36.9. The standard InChI is InChI=1S/C58H47N4O.Ir/c59-36-45-24-28-50-51-17-10-18-52(58(51)63-57(50)34-45)56-35-53(46-11-4-1-5-12-46)49(39-62-56)27-23-44-32-42(21-19-40-25-29-54(60-37-40)47-13-6-2-7-14-47)31-43(33-44)22-20-41-26-30-55(61-38-41)48-15-8-3-9-16-48;/h2-3,6-10,13,15,17,24-26,28-35,37-39,46H,1,4-5,11-12,19-23,27H2;/q-3;+3/i19D2,20D2,21D2,22D2,23D2,27D2;. The Labute approximate surface area is 406 Å². The molecule has 5 nitrogen and oxygen atoms in total. The summed E-state index contributed by atoms with van der Waals surface area (Å²) in [5, 5.41) is 11.1. The number of furan rings is 1. The molecule has 4 heterocycles. The third-order valence-electron chi connectivity index (χ3n) is 11.3. The Bertz CT molecular complexity index is 3490. The summed E-state index contributed by atoms with van der Waals surface area (Å²) in [5.74, 6) is -0.223. The van der Waals surface area contributed by atoms with Crippen LogP contribution in [0.1, 0.15) is 99.0 Å². The van der Waals surface area contributed by atoms with E-state index in [1.165, 1.54) is 42.9 Å². The number of benzene rings is 5. The molecule has 6 heteroatoms. The second-order valence-corrected chi connectivity index (χ2v) is 15.5. The molecule has 0 amide bonds. The van der Waals surface area contributed by atoms with Gasteiger partial charge in [-0.1, -0.05) is 84.8 Å². The second kappa shape index (κ2) is 19.9. The Morgan fingerprint density at radius 2 is 1.19 bits per heavy atom. The van der Waals surface area contributed by atoms with Crippen molar-refractivity contribution in [3.63, 3.8) is 0 Å². The largest absolute Gasteiger partial charge is 3.00 e. The van der Waals surface area contributed by atoms with Gasteiger partial charge in [-0.15, -0.1) is 90.0 Å². The van der Waals surface area contributed by atoms with Crippen molar-refractivity contribution in [2.24, 2.45) is 0 Å². The molecule has 1 aliphatic carbocycles. The summed E-state index contributed by atoms with van der Waals surface area (Å²) in [4.78, 5) is 13.6. The summed E-state index contributed by atoms with van der Waals surface area (Å²) in [6, 6.07) is 44.9. The van der Waals surface area contributed by atoms with Crippen LogP contribution in [0.4, 0.5) is 0 Å². The van der Waals surface area contributed by atoms with Gasteiger partial charge in [0.15, 0.2) is 0 Å². The van der Waals surface area contributed by atoms with E-state index in [1.807, 2.05) is 12.1 Å². The van der Waals surface area contributed by atoms with Gasteiger partial charge in [-0.25, -0.2) is 0 Å². The molecule has 0 aliphatic heterocycles. The van der Waals surface area contributed by atoms with Gasteiger partial charge in [0, 0.05) is 40.4 Å². The molecule has 10 rings (SSSR count). The van der Waals surface area contributed by atoms with Crippen molar-refractivity contribution >= 4 is 21.9 Å². The van der Waals surface area contributed by atoms with Gasteiger partial charge in [0.2, 0.25) is 0 Å². The number of nitrogens with zero attached hydrogens (tertiary/aromatic N) is 4. The molecule has 0 radical (unpaired) electrons. The predicted octanol–water partition coefficient (Wildman–Crippen LogP) is 13.4. The average Bonchev–Trinajstić information content (AvgIpc) is 3.83. The first-order chi connectivity index (χ1) is 35.7. The van der Waals surface area contributed by atoms with Crippen LogP contribution in [0.5, 0.6) is 0 Å². The SMILES string of the molecule is [2H]C([2H])(c1ccc(-c2[c-]cccc2)nc1)C([2H])([2H])c1cc(C([2H])([2H])C([2H])([2H])c2ccc(-c3[c-]cccc3)nc2)cc(C([2H])([2H])C([2H])([2H])c2cnc(-c3[c-]ccc4c3oc3cc(C#N)ccc34)cc2C2CCCCC2)c1.[Ir+3]. The molecule has 4 aromatic heterocycles. The maximum absolute atomic E-state index is 9.88. The minimum absolute atomic E-state index is 0. The van der Waals surface area contributed by atoms with Crippen LogP contribution in [0.2, 0.25) is 0 Å². The number of aromatic nitrogens is 3. The van der Waals surface area contributed by atoms with Crippen molar-refractivity contribution in [2.75, 3.05) is 0 Å². The number of aryl methyl sites for hydroxylation is 6. The van der Waals surface area contributed by atoms with E-state index in [2.05, 4.69) is 34.2 Å². The summed E-state index contributed by atoms with van der Waals surface area (Å²) >= 11 is 0. The monoisotopic (exact) mass is 1020 g/mol. The molecule has 314 valence electrons. The topological polar surface area (TPSA) is 75.6 Å². The maximum Gasteiger partial charge on any atom is 3.00 e. The van der Waals surface area contributed by atoms with Gasteiger partial charge < -0.3 is 19.4 Å². The summed E-state index contributed by atoms with van der Waals surface area (Å²) in [7, 11) is 0. The molecule has 64 heavy (non-hydrogen) atoms. The molecular weight excluding hydrogens is 961 g/mol. The van der Waals surface area contributed by atoms with Crippen LogP contribution in [0.25, 0.3) is 55.7 Å². The van der Waals surface area contributed by atoms with Crippen LogP contribution in [0, 0.1) is 29.5 Å². The Hall–Kier alpha value is -6.51. The van der Waals surface area contributed by atoms with Gasteiger partial charge in [-0.3, -0.25) is 0 Å². The number of nitriles is 1. The predicted molar refractivity (Wildman–Crippen MR) is 252 cm³/mol. The van der Waals surface area contributed by atoms with Crippen molar-refractivity contribution < 1.29 is 41.0 Å². The van der Waals surface area contributed by atoms with E-state index in [0.29, 0.717) is 68.9 Å². The quantitative estimate of drug-likeness (QED) is 0.108. The molecule has 0 spiro atoms. The molecule has 0 saturated heterocycles. The normalized spacial score (nSPS) is 17.0. The molecule has 1 fully saturated rings. The van der Waals surface area contributed by atoms with Crippen molar-refractivity contribution in [1.29, 1.82) is 5.26 Å². The van der Waals surface area contributed by atoms with E-state index in [-0.39, 0.29) is 42.7 Å². The van der Waals surface area contributed by atoms with Crippen molar-refractivity contribution in [1.82, 2.24) is 15.0 Å². The van der Waals surface area contributed by atoms with Crippen molar-refractivity contribution in [2.45, 2.75) is 76.3 Å². The molecule has 0 unspecified atom stereocenters. The van der Waals surface area contributed by atoms with E-state index in [0.717, 1.165) is 48.2 Å². The minimum atomic E-state index is -3.13. The second-order valence-electron chi connectivity index (χ2n) is 15.5. The molecule has 0 N–H and O–H groups in total. The van der Waals surface area contributed by atoms with Crippen LogP contribution < -0.4 is 0 Å². The van der Waals surface area contributed by atoms with Gasteiger partial charge in [0.25, 0.3) is 0 Å². The Balaban J connectivity index is 0.00000706. The molecule has 1 saturated carbocycles. The molecular formula is C58H47IrN4O. The first-order valence-corrected chi connectivity index (χ1v) is 21.0. The molecule has 1 aliphatic rings. The third kappa shape index (κ3) is 9.68. The van der Waals surface area contributed by atoms with E-state index in [4.69, 9.17) is 9.40 Å². The molecule has 9 aromatic rings. The Morgan fingerprint density at radius 3 is 1.77 bits per heavy atom. The summed E-state index contributed by atoms with van der Waals surface area (Å²) in [6.45, 7) is 0. The summed E-state index contributed by atoms with van der Waals surface area (Å²) in [5.41, 5.74) is 2.70. The fourth-order valence-electron chi connectivity index (χ4n) is 8.10. The van der Waals surface area contributed by atoms with Gasteiger partial charge >= 0.3 is 20.1 Å². The van der Waals surface area contributed by atoms with E-state index >= 15 is 0 Å². The molecule has 0 bridgehead atoms. The third-order valence-corrected chi connectivity index (χ3v) is 11.3. The van der Waals surface area contributed by atoms with Gasteiger partial charge in [-0.2, -0.15) is 5.26 Å². The van der Waals surface area contributed by atoms with Crippen LogP contribution >= 0.6 is 0 Å². The Kier molecular flexibility index (Phi) is 9.50. The van der Waals surface area contributed by atoms with Crippen LogP contribution in [0.15, 0.2) is 150 Å². The molecule has 0 atom stereocenters. The number of rotatable bonds is 13. The molecule has 5 aromatic carbocycles. The first kappa shape index (κ1) is 30.6. The fourth-order valence-corrected chi connectivity index (χ4v) is 8.10. The summed E-state index contributed by atoms with van der Waals surface area (Å²) in [6.07, 6.45) is -10.5. The smallest absolute Gasteiger partial charge is 0.501 e. The number of hydrogen-bond acceptors (Lipinski definition) is 5. The zero-order chi connectivity index (χ0) is 53.1. The van der Waals surface area contributed by atoms with Crippen molar-refractivity contribution in [3.05, 3.63) is 209 Å². The zero-order valence-electron chi connectivity index (χ0n) is 46.5. The number of pyridine rings is 3. The fraction of sp³-hybridized carbons (Fsp3) is 0.207. The Morgan fingerprint density at radius 1 is 0.578 bits per heavy atom. The van der Waals surface area contributed by atoms with Gasteiger partial charge in [-0.05, 0) is 125 Å². The summed E-state index contributed by atoms with van der Waals surface area (Å²) < 4.78 is 121. The van der Waals surface area contributed by atoms with E-state index < -0.39 is 54.9 Å². The number of fused-ring (bicyclic) bond motifs is 3. The maximum atomic E-state index is 9.88. The van der Waals surface area contributed by atoms with Crippen LogP contribution in [-0.4, -0.2) is 15.0 Å². The van der Waals surface area contributed by atoms with Gasteiger partial charge in [0.1, 0.15) is 5.58 Å². The van der Waals surface area contributed by atoms with Gasteiger partial charge in [0.05, 0.1) is 17.2 Å². The minimum Gasteiger partial charge on any atom is -0.501 e. The van der Waals surface area contributed by atoms with E-state index in [9.17, 15) is 21.7 Å². The number of hydrogen-bond donors (Lipinski definition) is 0. The van der Waals surface area contributed by atoms with Crippen LogP contribution in [0.3, 0.4) is 0 Å². The van der Waals surface area contributed by atoms with E-state index in [1.54, 1.807) is 72.8 Å². The average molecular weight is 1020 g/mol. The van der Waals surface area contributed by atoms with Crippen molar-refractivity contribution in [3.8, 4) is 39.8 Å². The van der Waals surface area contributed by atoms with Crippen LogP contribution in [-0.2, 0) is 58.3 Å².